The summed E-state index contributed by atoms with van der Waals surface area (Å²) < 4.78 is 27.2. The van der Waals surface area contributed by atoms with Crippen LogP contribution < -0.4 is 15.4 Å². The number of ether oxygens (including phenoxy) is 2. The number of fused-ring (bicyclic) bond motifs is 1. The minimum Gasteiger partial charge on any atom is -0.453 e. The Labute approximate surface area is 283 Å². The fourth-order valence-corrected chi connectivity index (χ4v) is 7.06. The molecule has 3 aromatic heterocycles. The van der Waals surface area contributed by atoms with E-state index in [9.17, 15) is 14.4 Å². The zero-order valence-corrected chi connectivity index (χ0v) is 28.4. The van der Waals surface area contributed by atoms with Crippen LogP contribution in [-0.2, 0) is 16.0 Å². The second kappa shape index (κ2) is 13.9. The van der Waals surface area contributed by atoms with Crippen molar-refractivity contribution in [2.24, 2.45) is 11.8 Å². The number of rotatable bonds is 7. The molecular formula is C36H40FN5O5S. The molecule has 10 nitrogen and oxygen atoms in total. The lowest BCUT2D eigenvalue weighted by atomic mass is 9.85. The van der Waals surface area contributed by atoms with Crippen molar-refractivity contribution in [3.8, 4) is 22.1 Å². The summed E-state index contributed by atoms with van der Waals surface area (Å²) in [5.41, 5.74) is 2.30. The molecule has 2 unspecified atom stereocenters. The number of hydrogen-bond acceptors (Lipinski definition) is 8. The van der Waals surface area contributed by atoms with E-state index >= 15 is 4.39 Å². The fraction of sp³-hybridized carbons (Fsp3) is 0.417. The molecule has 1 aliphatic carbocycles. The van der Waals surface area contributed by atoms with Crippen molar-refractivity contribution in [3.05, 3.63) is 66.2 Å². The Balaban J connectivity index is 1.06. The van der Waals surface area contributed by atoms with E-state index in [2.05, 4.69) is 28.6 Å². The van der Waals surface area contributed by atoms with Crippen LogP contribution in [0.25, 0.3) is 20.8 Å². The first-order chi connectivity index (χ1) is 22.9. The number of nitrogens with one attached hydrogen (secondary N) is 2. The van der Waals surface area contributed by atoms with Crippen molar-refractivity contribution in [2.45, 2.75) is 71.4 Å². The van der Waals surface area contributed by atoms with Gasteiger partial charge in [0.05, 0.1) is 26.8 Å². The zero-order chi connectivity index (χ0) is 34.0. The molecule has 2 atom stereocenters. The van der Waals surface area contributed by atoms with E-state index in [1.165, 1.54) is 28.4 Å². The molecule has 1 aliphatic heterocycles. The molecule has 4 heterocycles. The summed E-state index contributed by atoms with van der Waals surface area (Å²) in [5.74, 6) is 1.03. The maximum Gasteiger partial charge on any atom is 0.410 e. The summed E-state index contributed by atoms with van der Waals surface area (Å²) in [6.45, 7) is 8.29. The number of Topliss-reactive ketones (excluding diaryl/α,β-unsaturated/α-hetero) is 1. The second-order valence-corrected chi connectivity index (χ2v) is 14.7. The van der Waals surface area contributed by atoms with Gasteiger partial charge in [0.25, 0.3) is 0 Å². The predicted octanol–water partition coefficient (Wildman–Crippen LogP) is 7.97. The molecule has 1 saturated carbocycles. The van der Waals surface area contributed by atoms with Gasteiger partial charge in [-0.25, -0.2) is 14.0 Å². The topological polar surface area (TPSA) is 123 Å². The molecule has 6 rings (SSSR count). The SMILES string of the molecule is CC1CCCC(=O)CC1Cc1ccc(-c2cc3nccc(Oc4ccc(NC(=O)NC5CN(C(=O)OC(C)(C)C)C5)cc4F)c3s2)nc1. The largest absolute Gasteiger partial charge is 0.453 e. The number of amides is 3. The molecule has 0 radical (unpaired) electrons. The van der Waals surface area contributed by atoms with Gasteiger partial charge in [0.15, 0.2) is 11.6 Å². The molecule has 12 heteroatoms. The lowest BCUT2D eigenvalue weighted by molar-refractivity contribution is -0.119. The van der Waals surface area contributed by atoms with Gasteiger partial charge in [0, 0.05) is 56.1 Å². The number of hydrogen-bond donors (Lipinski definition) is 2. The lowest BCUT2D eigenvalue weighted by Gasteiger charge is -2.39. The monoisotopic (exact) mass is 673 g/mol. The average molecular weight is 674 g/mol. The Kier molecular flexibility index (Phi) is 9.63. The first-order valence-electron chi connectivity index (χ1n) is 16.3. The van der Waals surface area contributed by atoms with Crippen molar-refractivity contribution in [1.29, 1.82) is 0 Å². The van der Waals surface area contributed by atoms with Crippen molar-refractivity contribution < 1.29 is 28.2 Å². The molecule has 2 N–H and O–H groups in total. The van der Waals surface area contributed by atoms with Crippen LogP contribution in [0.4, 0.5) is 19.7 Å². The number of pyridine rings is 2. The average Bonchev–Trinajstić information content (AvgIpc) is 3.38. The maximum atomic E-state index is 15.1. The van der Waals surface area contributed by atoms with E-state index in [1.54, 1.807) is 39.1 Å². The van der Waals surface area contributed by atoms with Gasteiger partial charge in [-0.2, -0.15) is 0 Å². The predicted molar refractivity (Wildman–Crippen MR) is 183 cm³/mol. The Hall–Kier alpha value is -4.58. The first kappa shape index (κ1) is 33.3. The number of carbonyl (C=O) groups excluding carboxylic acids is 3. The third kappa shape index (κ3) is 8.10. The number of benzene rings is 1. The van der Waals surface area contributed by atoms with Crippen LogP contribution in [0.3, 0.4) is 0 Å². The molecular weight excluding hydrogens is 633 g/mol. The van der Waals surface area contributed by atoms with E-state index in [-0.39, 0.29) is 17.5 Å². The first-order valence-corrected chi connectivity index (χ1v) is 17.1. The molecule has 0 spiro atoms. The van der Waals surface area contributed by atoms with Gasteiger partial charge in [-0.1, -0.05) is 19.4 Å². The number of aromatic nitrogens is 2. The number of thiophene rings is 1. The highest BCUT2D eigenvalue weighted by Gasteiger charge is 2.34. The van der Waals surface area contributed by atoms with Crippen LogP contribution in [-0.4, -0.2) is 57.5 Å². The third-order valence-corrected chi connectivity index (χ3v) is 9.80. The fourth-order valence-electron chi connectivity index (χ4n) is 6.02. The molecule has 1 saturated heterocycles. The van der Waals surface area contributed by atoms with E-state index in [0.717, 1.165) is 40.1 Å². The van der Waals surface area contributed by atoms with Crippen LogP contribution in [0.15, 0.2) is 54.9 Å². The number of ketones is 1. The van der Waals surface area contributed by atoms with Gasteiger partial charge in [0.2, 0.25) is 0 Å². The third-order valence-electron chi connectivity index (χ3n) is 8.64. The van der Waals surface area contributed by atoms with Crippen molar-refractivity contribution in [3.63, 3.8) is 0 Å². The number of halogens is 1. The number of urea groups is 1. The van der Waals surface area contributed by atoms with Gasteiger partial charge in [-0.15, -0.1) is 11.3 Å². The van der Waals surface area contributed by atoms with Crippen LogP contribution in [0, 0.1) is 17.7 Å². The Bertz CT molecular complexity index is 1820. The summed E-state index contributed by atoms with van der Waals surface area (Å²) in [6, 6.07) is 11.2. The molecule has 4 aromatic rings. The second-order valence-electron chi connectivity index (χ2n) is 13.7. The van der Waals surface area contributed by atoms with Gasteiger partial charge in [-0.3, -0.25) is 14.8 Å². The number of nitrogens with zero attached hydrogens (tertiary/aromatic N) is 3. The van der Waals surface area contributed by atoms with E-state index in [1.807, 2.05) is 18.3 Å². The zero-order valence-electron chi connectivity index (χ0n) is 27.5. The van der Waals surface area contributed by atoms with Gasteiger partial charge < -0.3 is 25.0 Å². The van der Waals surface area contributed by atoms with Crippen LogP contribution in [0.2, 0.25) is 0 Å². The van der Waals surface area contributed by atoms with Crippen molar-refractivity contribution in [1.82, 2.24) is 20.2 Å². The summed E-state index contributed by atoms with van der Waals surface area (Å²) in [4.78, 5) is 48.4. The van der Waals surface area contributed by atoms with Crippen LogP contribution in [0.5, 0.6) is 11.5 Å². The molecule has 2 aliphatic rings. The summed E-state index contributed by atoms with van der Waals surface area (Å²) in [5, 5.41) is 5.40. The van der Waals surface area contributed by atoms with Crippen molar-refractivity contribution >= 4 is 45.1 Å². The van der Waals surface area contributed by atoms with Gasteiger partial charge >= 0.3 is 12.1 Å². The van der Waals surface area contributed by atoms with E-state index in [4.69, 9.17) is 14.5 Å². The molecule has 252 valence electrons. The lowest BCUT2D eigenvalue weighted by Crippen LogP contribution is -2.62. The summed E-state index contributed by atoms with van der Waals surface area (Å²) >= 11 is 1.46. The Morgan fingerprint density at radius 2 is 1.90 bits per heavy atom. The quantitative estimate of drug-likeness (QED) is 0.191. The number of likely N-dealkylation sites (tertiary alicyclic amines) is 1. The Morgan fingerprint density at radius 3 is 2.62 bits per heavy atom. The standard InChI is InChI=1S/C36H40FN5O5S/c1-21-6-5-7-26(43)15-23(21)14-22-8-10-28(39-18-22)32-17-29-33(48-32)31(12-13-38-29)46-30-11-9-24(16-27(30)37)40-34(44)41-25-19-42(20-25)35(45)47-36(2,3)4/h8-13,16-18,21,23,25H,5-7,14-15,19-20H2,1-4H3,(H2,40,41,44). The number of anilines is 1. The minimum absolute atomic E-state index is 0.00380. The van der Waals surface area contributed by atoms with E-state index < -0.39 is 23.5 Å². The van der Waals surface area contributed by atoms with Gasteiger partial charge in [0.1, 0.15) is 17.1 Å². The van der Waals surface area contributed by atoms with Gasteiger partial charge in [-0.05, 0) is 75.3 Å². The summed E-state index contributed by atoms with van der Waals surface area (Å²) in [7, 11) is 0. The van der Waals surface area contributed by atoms with Crippen molar-refractivity contribution in [2.75, 3.05) is 18.4 Å². The summed E-state index contributed by atoms with van der Waals surface area (Å²) in [6.07, 6.45) is 7.32. The smallest absolute Gasteiger partial charge is 0.410 e. The molecule has 1 aromatic carbocycles. The highest BCUT2D eigenvalue weighted by atomic mass is 32.1. The molecule has 3 amide bonds. The normalized spacial score (nSPS) is 18.6. The minimum atomic E-state index is -0.642. The van der Waals surface area contributed by atoms with Crippen LogP contribution in [0.1, 0.15) is 58.9 Å². The molecule has 0 bridgehead atoms. The molecule has 48 heavy (non-hydrogen) atoms. The number of carbonyl (C=O) groups is 3. The highest BCUT2D eigenvalue weighted by molar-refractivity contribution is 7.22. The molecule has 2 fully saturated rings. The van der Waals surface area contributed by atoms with Crippen LogP contribution >= 0.6 is 11.3 Å². The Morgan fingerprint density at radius 1 is 1.08 bits per heavy atom. The highest BCUT2D eigenvalue weighted by Crippen LogP contribution is 2.39. The van der Waals surface area contributed by atoms with E-state index in [0.29, 0.717) is 54.8 Å². The maximum absolute atomic E-state index is 15.1.